The molecule has 2 aliphatic heterocycles. The van der Waals surface area contributed by atoms with Crippen LogP contribution in [0.1, 0.15) is 5.56 Å². The van der Waals surface area contributed by atoms with Gasteiger partial charge in [-0.25, -0.2) is 0 Å². The van der Waals surface area contributed by atoms with E-state index in [0.29, 0.717) is 43.2 Å². The minimum absolute atomic E-state index is 0.0345. The second-order valence-corrected chi connectivity index (χ2v) is 8.75. The molecule has 2 fully saturated rings. The summed E-state index contributed by atoms with van der Waals surface area (Å²) in [6.45, 7) is 2.56. The lowest BCUT2D eigenvalue weighted by molar-refractivity contribution is -0.384. The molecule has 0 atom stereocenters. The third kappa shape index (κ3) is 6.59. The SMILES string of the molecule is O=C(/C=C/c1ccc(N2CCOCC2)c([N+](=O)[O-])c1)Nc1ccc(N2CCN(C(=O)C(F)(F)F)CC2)cc1. The molecule has 0 aromatic heterocycles. The molecule has 2 saturated heterocycles. The van der Waals surface area contributed by atoms with E-state index in [2.05, 4.69) is 5.32 Å². The summed E-state index contributed by atoms with van der Waals surface area (Å²) in [5.74, 6) is -2.26. The quantitative estimate of drug-likeness (QED) is 0.345. The Hall–Kier alpha value is -4.13. The zero-order valence-corrected chi connectivity index (χ0v) is 20.3. The topological polar surface area (TPSA) is 108 Å². The van der Waals surface area contributed by atoms with Gasteiger partial charge in [0, 0.05) is 62.8 Å². The van der Waals surface area contributed by atoms with Gasteiger partial charge in [-0.3, -0.25) is 19.7 Å². The number of rotatable bonds is 6. The first-order valence-corrected chi connectivity index (χ1v) is 11.9. The number of nitro benzene ring substituents is 1. The first-order chi connectivity index (χ1) is 18.1. The molecule has 0 radical (unpaired) electrons. The molecule has 2 aromatic carbocycles. The van der Waals surface area contributed by atoms with Crippen molar-refractivity contribution in [2.24, 2.45) is 0 Å². The Kier molecular flexibility index (Phi) is 8.15. The smallest absolute Gasteiger partial charge is 0.378 e. The normalized spacial score (nSPS) is 16.6. The van der Waals surface area contributed by atoms with Crippen LogP contribution in [0.2, 0.25) is 0 Å². The summed E-state index contributed by atoms with van der Waals surface area (Å²) < 4.78 is 43.1. The Balaban J connectivity index is 1.33. The highest BCUT2D eigenvalue weighted by molar-refractivity contribution is 6.02. The Labute approximate surface area is 216 Å². The maximum atomic E-state index is 12.6. The second-order valence-electron chi connectivity index (χ2n) is 8.75. The van der Waals surface area contributed by atoms with Crippen molar-refractivity contribution in [3.63, 3.8) is 0 Å². The highest BCUT2D eigenvalue weighted by atomic mass is 19.4. The fourth-order valence-electron chi connectivity index (χ4n) is 4.32. The number of carbonyl (C=O) groups excluding carboxylic acids is 2. The summed E-state index contributed by atoms with van der Waals surface area (Å²) in [6.07, 6.45) is -2.11. The molecule has 0 bridgehead atoms. The maximum absolute atomic E-state index is 12.6. The minimum Gasteiger partial charge on any atom is -0.378 e. The van der Waals surface area contributed by atoms with Crippen molar-refractivity contribution < 1.29 is 32.4 Å². The van der Waals surface area contributed by atoms with Crippen LogP contribution in [0, 0.1) is 10.1 Å². The molecular formula is C25H26F3N5O5. The van der Waals surface area contributed by atoms with Gasteiger partial charge in [-0.1, -0.05) is 6.07 Å². The molecule has 2 aromatic rings. The van der Waals surface area contributed by atoms with Crippen LogP contribution < -0.4 is 15.1 Å². The van der Waals surface area contributed by atoms with Gasteiger partial charge in [0.25, 0.3) is 5.69 Å². The highest BCUT2D eigenvalue weighted by Crippen LogP contribution is 2.30. The number of ether oxygens (including phenoxy) is 1. The van der Waals surface area contributed by atoms with Gasteiger partial charge in [0.15, 0.2) is 0 Å². The lowest BCUT2D eigenvalue weighted by atomic mass is 10.1. The third-order valence-corrected chi connectivity index (χ3v) is 6.28. The number of alkyl halides is 3. The van der Waals surface area contributed by atoms with Gasteiger partial charge in [-0.05, 0) is 42.0 Å². The van der Waals surface area contributed by atoms with Crippen LogP contribution in [0.4, 0.5) is 35.9 Å². The number of amides is 2. The van der Waals surface area contributed by atoms with Crippen LogP contribution in [0.5, 0.6) is 0 Å². The van der Waals surface area contributed by atoms with E-state index >= 15 is 0 Å². The molecule has 4 rings (SSSR count). The van der Waals surface area contributed by atoms with Crippen LogP contribution in [-0.4, -0.2) is 80.3 Å². The first-order valence-electron chi connectivity index (χ1n) is 11.9. The molecule has 0 spiro atoms. The van der Waals surface area contributed by atoms with E-state index < -0.39 is 22.9 Å². The predicted octanol–water partition coefficient (Wildman–Crippen LogP) is 3.29. The lowest BCUT2D eigenvalue weighted by Gasteiger charge is -2.36. The number of nitro groups is 1. The average Bonchev–Trinajstić information content (AvgIpc) is 2.92. The van der Waals surface area contributed by atoms with E-state index in [0.717, 1.165) is 10.6 Å². The number of nitrogens with one attached hydrogen (secondary N) is 1. The third-order valence-electron chi connectivity index (χ3n) is 6.28. The Bertz CT molecular complexity index is 1200. The van der Waals surface area contributed by atoms with Gasteiger partial charge in [0.05, 0.1) is 18.1 Å². The Morgan fingerprint density at radius 2 is 1.61 bits per heavy atom. The number of anilines is 3. The summed E-state index contributed by atoms with van der Waals surface area (Å²) in [5.41, 5.74) is 2.22. The van der Waals surface area contributed by atoms with Crippen molar-refractivity contribution in [2.75, 3.05) is 67.6 Å². The molecule has 10 nitrogen and oxygen atoms in total. The minimum atomic E-state index is -4.88. The zero-order chi connectivity index (χ0) is 27.3. The second kappa shape index (κ2) is 11.5. The molecule has 13 heteroatoms. The number of piperazine rings is 1. The first kappa shape index (κ1) is 26.9. The van der Waals surface area contributed by atoms with Gasteiger partial charge in [0.2, 0.25) is 5.91 Å². The van der Waals surface area contributed by atoms with Gasteiger partial charge in [-0.15, -0.1) is 0 Å². The predicted molar refractivity (Wildman–Crippen MR) is 135 cm³/mol. The summed E-state index contributed by atoms with van der Waals surface area (Å²) in [7, 11) is 0. The summed E-state index contributed by atoms with van der Waals surface area (Å²) >= 11 is 0. The fourth-order valence-corrected chi connectivity index (χ4v) is 4.32. The van der Waals surface area contributed by atoms with Crippen LogP contribution in [-0.2, 0) is 14.3 Å². The summed E-state index contributed by atoms with van der Waals surface area (Å²) in [6, 6.07) is 11.6. The van der Waals surface area contributed by atoms with Crippen molar-refractivity contribution in [3.8, 4) is 0 Å². The van der Waals surface area contributed by atoms with Crippen LogP contribution in [0.25, 0.3) is 6.08 Å². The van der Waals surface area contributed by atoms with E-state index in [4.69, 9.17) is 4.74 Å². The van der Waals surface area contributed by atoms with Crippen molar-refractivity contribution in [1.29, 1.82) is 0 Å². The van der Waals surface area contributed by atoms with E-state index in [-0.39, 0.29) is 31.9 Å². The molecule has 2 amide bonds. The number of carbonyl (C=O) groups is 2. The van der Waals surface area contributed by atoms with Gasteiger partial charge < -0.3 is 24.8 Å². The fraction of sp³-hybridized carbons (Fsp3) is 0.360. The standard InChI is InChI=1S/C25H26F3N5O5/c26-25(27,28)24(35)32-11-9-30(10-12-32)20-5-3-19(4-6-20)29-23(34)8-2-18-1-7-21(22(17-18)33(36)37)31-13-15-38-16-14-31/h1-8,17H,9-16H2,(H,29,34)/b8-2+. The van der Waals surface area contributed by atoms with Crippen molar-refractivity contribution in [1.82, 2.24) is 4.90 Å². The van der Waals surface area contributed by atoms with E-state index in [9.17, 15) is 32.9 Å². The summed E-state index contributed by atoms with van der Waals surface area (Å²) in [5, 5.41) is 14.3. The van der Waals surface area contributed by atoms with E-state index in [1.54, 1.807) is 36.4 Å². The molecule has 0 saturated carbocycles. The molecule has 202 valence electrons. The van der Waals surface area contributed by atoms with Crippen molar-refractivity contribution in [2.45, 2.75) is 6.18 Å². The molecule has 2 heterocycles. The number of hydrogen-bond acceptors (Lipinski definition) is 7. The average molecular weight is 534 g/mol. The lowest BCUT2D eigenvalue weighted by Crippen LogP contribution is -2.52. The Morgan fingerprint density at radius 1 is 0.947 bits per heavy atom. The van der Waals surface area contributed by atoms with E-state index in [1.807, 2.05) is 9.80 Å². The number of benzene rings is 2. The van der Waals surface area contributed by atoms with Crippen LogP contribution >= 0.6 is 0 Å². The van der Waals surface area contributed by atoms with Crippen LogP contribution in [0.15, 0.2) is 48.5 Å². The molecular weight excluding hydrogens is 507 g/mol. The molecule has 2 aliphatic rings. The van der Waals surface area contributed by atoms with Crippen molar-refractivity contribution >= 4 is 40.6 Å². The van der Waals surface area contributed by atoms with Gasteiger partial charge >= 0.3 is 12.1 Å². The van der Waals surface area contributed by atoms with Crippen LogP contribution in [0.3, 0.4) is 0 Å². The number of nitrogens with zero attached hydrogens (tertiary/aromatic N) is 4. The zero-order valence-electron chi connectivity index (χ0n) is 20.3. The molecule has 38 heavy (non-hydrogen) atoms. The monoisotopic (exact) mass is 533 g/mol. The Morgan fingerprint density at radius 3 is 2.21 bits per heavy atom. The summed E-state index contributed by atoms with van der Waals surface area (Å²) in [4.78, 5) is 39.5. The number of halogens is 3. The van der Waals surface area contributed by atoms with Gasteiger partial charge in [0.1, 0.15) is 5.69 Å². The largest absolute Gasteiger partial charge is 0.471 e. The van der Waals surface area contributed by atoms with Gasteiger partial charge in [-0.2, -0.15) is 13.2 Å². The molecule has 0 unspecified atom stereocenters. The van der Waals surface area contributed by atoms with E-state index in [1.165, 1.54) is 18.2 Å². The van der Waals surface area contributed by atoms with Crippen molar-refractivity contribution in [3.05, 3.63) is 64.2 Å². The highest BCUT2D eigenvalue weighted by Gasteiger charge is 2.43. The number of hydrogen-bond donors (Lipinski definition) is 1. The molecule has 1 N–H and O–H groups in total. The molecule has 0 aliphatic carbocycles. The maximum Gasteiger partial charge on any atom is 0.471 e. The number of morpholine rings is 1.